The second kappa shape index (κ2) is 9.99. The molecule has 8 heteroatoms. The van der Waals surface area contributed by atoms with Crippen LogP contribution in [-0.2, 0) is 9.59 Å². The number of rotatable bonds is 6. The van der Waals surface area contributed by atoms with Gasteiger partial charge in [0, 0.05) is 38.8 Å². The van der Waals surface area contributed by atoms with Crippen LogP contribution in [0.3, 0.4) is 0 Å². The number of anilines is 1. The Balaban J connectivity index is 1.60. The molecule has 1 unspecified atom stereocenters. The minimum absolute atomic E-state index is 0.0179. The fourth-order valence-corrected chi connectivity index (χ4v) is 3.30. The molecule has 0 saturated carbocycles. The number of aromatic nitrogens is 1. The molecule has 29 heavy (non-hydrogen) atoms. The Labute approximate surface area is 170 Å². The smallest absolute Gasteiger partial charge is 0.313 e. The molecule has 0 spiro atoms. The molecule has 1 atom stereocenters. The monoisotopic (exact) mass is 397 g/mol. The fraction of sp³-hybridized carbons (Fsp3) is 0.381. The summed E-state index contributed by atoms with van der Waals surface area (Å²) < 4.78 is 4.98. The second-order valence-electron chi connectivity index (χ2n) is 7.02. The summed E-state index contributed by atoms with van der Waals surface area (Å²) in [6, 6.07) is 13.3. The second-order valence-corrected chi connectivity index (χ2v) is 7.02. The van der Waals surface area contributed by atoms with Gasteiger partial charge in [0.05, 0.1) is 25.0 Å². The van der Waals surface area contributed by atoms with E-state index in [1.165, 1.54) is 13.3 Å². The number of piperazine rings is 1. The van der Waals surface area contributed by atoms with Crippen molar-refractivity contribution in [1.29, 1.82) is 0 Å². The highest BCUT2D eigenvalue weighted by atomic mass is 16.5. The van der Waals surface area contributed by atoms with Gasteiger partial charge in [-0.2, -0.15) is 0 Å². The van der Waals surface area contributed by atoms with Crippen LogP contribution < -0.4 is 15.4 Å². The molecule has 1 aromatic heterocycles. The van der Waals surface area contributed by atoms with Gasteiger partial charge in [0.15, 0.2) is 0 Å². The van der Waals surface area contributed by atoms with E-state index in [9.17, 15) is 9.59 Å². The van der Waals surface area contributed by atoms with Gasteiger partial charge in [0.2, 0.25) is 5.88 Å². The van der Waals surface area contributed by atoms with Crippen molar-refractivity contribution in [2.75, 3.05) is 52.2 Å². The highest BCUT2D eigenvalue weighted by molar-refractivity contribution is 6.39. The van der Waals surface area contributed by atoms with Crippen molar-refractivity contribution >= 4 is 17.5 Å². The molecule has 1 saturated heterocycles. The molecule has 0 bridgehead atoms. The number of methoxy groups -OCH3 is 1. The molecule has 1 aliphatic rings. The van der Waals surface area contributed by atoms with Crippen LogP contribution in [0.4, 0.5) is 5.69 Å². The number of nitrogens with one attached hydrogen (secondary N) is 2. The normalized spacial score (nSPS) is 16.1. The molecule has 0 aliphatic carbocycles. The number of hydrogen-bond acceptors (Lipinski definition) is 6. The molecule has 3 rings (SSSR count). The SMILES string of the molecule is COc1ccc(NC(=O)C(=O)NCC(c2ccccc2)N2CCN(C)CC2)cn1. The molecule has 2 amide bonds. The van der Waals surface area contributed by atoms with Crippen molar-refractivity contribution in [3.05, 3.63) is 54.2 Å². The van der Waals surface area contributed by atoms with Crippen LogP contribution in [0.1, 0.15) is 11.6 Å². The van der Waals surface area contributed by atoms with E-state index >= 15 is 0 Å². The highest BCUT2D eigenvalue weighted by Crippen LogP contribution is 2.21. The van der Waals surface area contributed by atoms with E-state index in [1.54, 1.807) is 12.1 Å². The first kappa shape index (κ1) is 20.8. The Morgan fingerprint density at radius 1 is 1.07 bits per heavy atom. The van der Waals surface area contributed by atoms with E-state index in [0.717, 1.165) is 31.7 Å². The van der Waals surface area contributed by atoms with Gasteiger partial charge in [-0.05, 0) is 18.7 Å². The van der Waals surface area contributed by atoms with E-state index in [4.69, 9.17) is 4.74 Å². The summed E-state index contributed by atoms with van der Waals surface area (Å²) in [6.07, 6.45) is 1.45. The lowest BCUT2D eigenvalue weighted by molar-refractivity contribution is -0.136. The van der Waals surface area contributed by atoms with Gasteiger partial charge < -0.3 is 20.3 Å². The summed E-state index contributed by atoms with van der Waals surface area (Å²) in [5.41, 5.74) is 1.56. The number of pyridine rings is 1. The fourth-order valence-electron chi connectivity index (χ4n) is 3.30. The zero-order chi connectivity index (χ0) is 20.6. The molecule has 154 valence electrons. The van der Waals surface area contributed by atoms with Crippen molar-refractivity contribution in [2.45, 2.75) is 6.04 Å². The molecule has 8 nitrogen and oxygen atoms in total. The molecule has 2 heterocycles. The third kappa shape index (κ3) is 5.75. The maximum Gasteiger partial charge on any atom is 0.313 e. The van der Waals surface area contributed by atoms with E-state index in [2.05, 4.69) is 44.6 Å². The number of amides is 2. The van der Waals surface area contributed by atoms with Crippen LogP contribution in [0.5, 0.6) is 5.88 Å². The number of ether oxygens (including phenoxy) is 1. The summed E-state index contributed by atoms with van der Waals surface area (Å²) in [5, 5.41) is 5.33. The standard InChI is InChI=1S/C21H27N5O3/c1-25-10-12-26(13-11-25)18(16-6-4-3-5-7-16)15-23-20(27)21(28)24-17-8-9-19(29-2)22-14-17/h3-9,14,18H,10-13,15H2,1-2H3,(H,23,27)(H,24,28). The van der Waals surface area contributed by atoms with Crippen LogP contribution in [0, 0.1) is 0 Å². The van der Waals surface area contributed by atoms with Gasteiger partial charge in [-0.25, -0.2) is 4.98 Å². The first-order valence-corrected chi connectivity index (χ1v) is 9.63. The Bertz CT molecular complexity index is 805. The highest BCUT2D eigenvalue weighted by Gasteiger charge is 2.25. The van der Waals surface area contributed by atoms with Gasteiger partial charge >= 0.3 is 11.8 Å². The Morgan fingerprint density at radius 2 is 1.79 bits per heavy atom. The number of hydrogen-bond donors (Lipinski definition) is 2. The third-order valence-corrected chi connectivity index (χ3v) is 5.03. The molecule has 2 aromatic rings. The van der Waals surface area contributed by atoms with Crippen LogP contribution in [0.2, 0.25) is 0 Å². The van der Waals surface area contributed by atoms with Crippen molar-refractivity contribution in [3.8, 4) is 5.88 Å². The lowest BCUT2D eigenvalue weighted by Crippen LogP contribution is -2.49. The van der Waals surface area contributed by atoms with Gasteiger partial charge in [0.1, 0.15) is 0 Å². The zero-order valence-electron chi connectivity index (χ0n) is 16.8. The molecule has 0 radical (unpaired) electrons. The Morgan fingerprint density at radius 3 is 2.41 bits per heavy atom. The molecular formula is C21H27N5O3. The van der Waals surface area contributed by atoms with Gasteiger partial charge in [-0.1, -0.05) is 30.3 Å². The minimum Gasteiger partial charge on any atom is -0.481 e. The predicted molar refractivity (Wildman–Crippen MR) is 111 cm³/mol. The first-order valence-electron chi connectivity index (χ1n) is 9.63. The number of benzene rings is 1. The molecule has 2 N–H and O–H groups in total. The van der Waals surface area contributed by atoms with Crippen LogP contribution in [-0.4, -0.2) is 73.5 Å². The number of nitrogens with zero attached hydrogens (tertiary/aromatic N) is 3. The summed E-state index contributed by atoms with van der Waals surface area (Å²) >= 11 is 0. The molecule has 1 aliphatic heterocycles. The topological polar surface area (TPSA) is 86.8 Å². The average Bonchev–Trinajstić information content (AvgIpc) is 2.76. The van der Waals surface area contributed by atoms with Gasteiger partial charge in [0.25, 0.3) is 0 Å². The minimum atomic E-state index is -0.720. The molecule has 1 aromatic carbocycles. The lowest BCUT2D eigenvalue weighted by atomic mass is 10.0. The lowest BCUT2D eigenvalue weighted by Gasteiger charge is -2.38. The van der Waals surface area contributed by atoms with E-state index in [0.29, 0.717) is 18.1 Å². The summed E-state index contributed by atoms with van der Waals surface area (Å²) in [7, 11) is 3.62. The predicted octanol–water partition coefficient (Wildman–Crippen LogP) is 1.13. The Hall–Kier alpha value is -2.97. The first-order chi connectivity index (χ1) is 14.1. The average molecular weight is 397 g/mol. The maximum atomic E-state index is 12.3. The number of carbonyl (C=O) groups is 2. The Kier molecular flexibility index (Phi) is 7.15. The van der Waals surface area contributed by atoms with Crippen LogP contribution in [0.25, 0.3) is 0 Å². The van der Waals surface area contributed by atoms with E-state index < -0.39 is 11.8 Å². The van der Waals surface area contributed by atoms with E-state index in [-0.39, 0.29) is 6.04 Å². The molecule has 1 fully saturated rings. The summed E-state index contributed by atoms with van der Waals surface area (Å²) in [6.45, 7) is 4.14. The largest absolute Gasteiger partial charge is 0.481 e. The van der Waals surface area contributed by atoms with Crippen molar-refractivity contribution < 1.29 is 14.3 Å². The third-order valence-electron chi connectivity index (χ3n) is 5.03. The zero-order valence-corrected chi connectivity index (χ0v) is 16.8. The van der Waals surface area contributed by atoms with Crippen molar-refractivity contribution in [3.63, 3.8) is 0 Å². The van der Waals surface area contributed by atoms with Crippen molar-refractivity contribution in [1.82, 2.24) is 20.1 Å². The quantitative estimate of drug-likeness (QED) is 0.711. The summed E-state index contributed by atoms with van der Waals surface area (Å²) in [4.78, 5) is 33.2. The van der Waals surface area contributed by atoms with Crippen LogP contribution in [0.15, 0.2) is 48.7 Å². The van der Waals surface area contributed by atoms with Crippen molar-refractivity contribution in [2.24, 2.45) is 0 Å². The molecular weight excluding hydrogens is 370 g/mol. The maximum absolute atomic E-state index is 12.3. The van der Waals surface area contributed by atoms with Crippen LogP contribution >= 0.6 is 0 Å². The number of carbonyl (C=O) groups excluding carboxylic acids is 2. The van der Waals surface area contributed by atoms with Gasteiger partial charge in [-0.3, -0.25) is 14.5 Å². The number of likely N-dealkylation sites (N-methyl/N-ethyl adjacent to an activating group) is 1. The summed E-state index contributed by atoms with van der Waals surface area (Å²) in [5.74, 6) is -0.955. The van der Waals surface area contributed by atoms with E-state index in [1.807, 2.05) is 18.2 Å². The van der Waals surface area contributed by atoms with Gasteiger partial charge in [-0.15, -0.1) is 0 Å².